The summed E-state index contributed by atoms with van der Waals surface area (Å²) in [5, 5.41) is -0.215. The second-order valence-electron chi connectivity index (χ2n) is 11.6. The lowest BCUT2D eigenvalue weighted by Gasteiger charge is -2.23. The number of rotatable bonds is 4. The molecule has 8 aromatic rings. The van der Waals surface area contributed by atoms with E-state index in [9.17, 15) is 5.48 Å². The van der Waals surface area contributed by atoms with Gasteiger partial charge >= 0.3 is 0 Å². The molecule has 0 unspecified atom stereocenters. The molecule has 2 heteroatoms. The molecule has 7 aromatic carbocycles. The summed E-state index contributed by atoms with van der Waals surface area (Å²) < 4.78 is 128. The molecule has 1 aliphatic rings. The topological polar surface area (TPSA) is 17.8 Å². The third kappa shape index (κ3) is 3.80. The Labute approximate surface area is 289 Å². The van der Waals surface area contributed by atoms with Gasteiger partial charge in [-0.25, -0.2) is 4.98 Å². The lowest BCUT2D eigenvalue weighted by molar-refractivity contribution is 0.660. The molecule has 0 bridgehead atoms. The summed E-state index contributed by atoms with van der Waals surface area (Å²) in [5.41, 5.74) is 1.17. The van der Waals surface area contributed by atoms with Crippen molar-refractivity contribution in [3.8, 4) is 39.1 Å². The molecule has 0 atom stereocenters. The van der Waals surface area contributed by atoms with Gasteiger partial charge < -0.3 is 0 Å². The zero-order chi connectivity index (χ0) is 43.0. The van der Waals surface area contributed by atoms with Crippen molar-refractivity contribution in [1.29, 1.82) is 0 Å². The van der Waals surface area contributed by atoms with E-state index in [1.807, 2.05) is 41.8 Å². The summed E-state index contributed by atoms with van der Waals surface area (Å²) in [4.78, 5) is 4.82. The molecular weight excluding hydrogens is 556 g/mol. The third-order valence-corrected chi connectivity index (χ3v) is 9.05. The monoisotopic (exact) mass is 604 g/mol. The minimum absolute atomic E-state index is 0.0171. The van der Waals surface area contributed by atoms with Crippen molar-refractivity contribution >= 4 is 32.6 Å². The molecule has 220 valence electrons. The van der Waals surface area contributed by atoms with Crippen LogP contribution in [0.2, 0.25) is 0 Å². The highest BCUT2D eigenvalue weighted by Gasteiger charge is 2.35. The van der Waals surface area contributed by atoms with Crippen LogP contribution in [0.5, 0.6) is 0 Å². The lowest BCUT2D eigenvalue weighted by atomic mass is 9.80. The Kier molecular flexibility index (Phi) is 3.53. The maximum absolute atomic E-state index is 9.43. The van der Waals surface area contributed by atoms with Crippen molar-refractivity contribution in [3.63, 3.8) is 0 Å². The number of aromatic nitrogens is 2. The number of imidazole rings is 1. The van der Waals surface area contributed by atoms with Crippen molar-refractivity contribution in [1.82, 2.24) is 9.55 Å². The van der Waals surface area contributed by atoms with Gasteiger partial charge in [-0.05, 0) is 96.4 Å². The van der Waals surface area contributed by atoms with Gasteiger partial charge in [0, 0.05) is 25.7 Å². The Morgan fingerprint density at radius 3 is 1.98 bits per heavy atom. The summed E-state index contributed by atoms with van der Waals surface area (Å²) in [6.07, 6.45) is 0.581. The first kappa shape index (κ1) is 16.2. The number of benzene rings is 7. The van der Waals surface area contributed by atoms with Crippen LogP contribution in [-0.2, 0) is 11.8 Å². The molecule has 0 aliphatic heterocycles. The molecule has 9 rings (SSSR count). The second kappa shape index (κ2) is 10.0. The SMILES string of the molecule is [2H]c1c([2H])c([2H])c2c(-c3ccc4c(c3)C(C([2H])([2H])[2H])(C([2H])([2H])[2H])c3ccccc3-4)c3c([2H])c([2H])c([2H])c([2H])c3c(-c3cccc(-n4c(CC)nc5ccccc54)c3)c2c1[2H]. The fourth-order valence-electron chi connectivity index (χ4n) is 7.04. The van der Waals surface area contributed by atoms with Gasteiger partial charge in [0.1, 0.15) is 5.82 Å². The molecule has 0 fully saturated rings. The molecule has 2 nitrogen and oxygen atoms in total. The highest BCUT2D eigenvalue weighted by molar-refractivity contribution is 6.21. The van der Waals surface area contributed by atoms with E-state index in [1.54, 1.807) is 48.5 Å². The molecular formula is C44H34N2. The molecule has 0 spiro atoms. The molecule has 0 saturated heterocycles. The van der Waals surface area contributed by atoms with E-state index in [0.717, 1.165) is 16.9 Å². The Morgan fingerprint density at radius 1 is 0.652 bits per heavy atom. The number of hydrogen-bond acceptors (Lipinski definition) is 1. The summed E-state index contributed by atoms with van der Waals surface area (Å²) in [7, 11) is 0. The van der Waals surface area contributed by atoms with Gasteiger partial charge in [-0.1, -0.05) is 130 Å². The van der Waals surface area contributed by atoms with Crippen LogP contribution in [0.25, 0.3) is 71.6 Å². The summed E-state index contributed by atoms with van der Waals surface area (Å²) >= 11 is 0. The van der Waals surface area contributed by atoms with Crippen LogP contribution in [0.4, 0.5) is 0 Å². The van der Waals surface area contributed by atoms with Gasteiger partial charge in [-0.3, -0.25) is 4.57 Å². The molecule has 0 amide bonds. The van der Waals surface area contributed by atoms with E-state index < -0.39 is 67.5 Å². The summed E-state index contributed by atoms with van der Waals surface area (Å²) in [6.45, 7) is -4.24. The third-order valence-electron chi connectivity index (χ3n) is 9.05. The normalized spacial score (nSPS) is 18.3. The van der Waals surface area contributed by atoms with Crippen LogP contribution in [0.1, 0.15) is 56.8 Å². The van der Waals surface area contributed by atoms with Crippen LogP contribution in [-0.4, -0.2) is 9.55 Å². The predicted octanol–water partition coefficient (Wildman–Crippen LogP) is 11.5. The lowest BCUT2D eigenvalue weighted by Crippen LogP contribution is -2.14. The second-order valence-corrected chi connectivity index (χ2v) is 11.6. The maximum atomic E-state index is 9.43. The Bertz CT molecular complexity index is 3070. The van der Waals surface area contributed by atoms with Gasteiger partial charge in [0.15, 0.2) is 0 Å². The first-order valence-electron chi connectivity index (χ1n) is 22.1. The van der Waals surface area contributed by atoms with Crippen LogP contribution in [0.15, 0.2) is 139 Å². The smallest absolute Gasteiger partial charge is 0.114 e. The Balaban J connectivity index is 1.47. The van der Waals surface area contributed by atoms with Crippen LogP contribution < -0.4 is 0 Å². The number of hydrogen-bond donors (Lipinski definition) is 0. The number of fused-ring (bicyclic) bond motifs is 6. The highest BCUT2D eigenvalue weighted by atomic mass is 15.1. The average molecular weight is 605 g/mol. The quantitative estimate of drug-likeness (QED) is 0.183. The van der Waals surface area contributed by atoms with Crippen molar-refractivity contribution in [2.45, 2.75) is 32.5 Å². The predicted molar refractivity (Wildman–Crippen MR) is 194 cm³/mol. The highest BCUT2D eigenvalue weighted by Crippen LogP contribution is 2.51. The van der Waals surface area contributed by atoms with Gasteiger partial charge in [0.2, 0.25) is 0 Å². The van der Waals surface area contributed by atoms with Gasteiger partial charge in [0.05, 0.1) is 22.0 Å². The molecule has 0 N–H and O–H groups in total. The maximum Gasteiger partial charge on any atom is 0.114 e. The minimum atomic E-state index is -3.11. The average Bonchev–Trinajstić information content (AvgIpc) is 3.76. The van der Waals surface area contributed by atoms with Crippen LogP contribution in [0.3, 0.4) is 0 Å². The zero-order valence-electron chi connectivity index (χ0n) is 38.8. The number of nitrogens with zero attached hydrogens (tertiary/aromatic N) is 2. The van der Waals surface area contributed by atoms with Gasteiger partial charge in [-0.2, -0.15) is 0 Å². The van der Waals surface area contributed by atoms with E-state index in [2.05, 4.69) is 0 Å². The number of para-hydroxylation sites is 2. The van der Waals surface area contributed by atoms with Gasteiger partial charge in [-0.15, -0.1) is 0 Å². The van der Waals surface area contributed by atoms with Gasteiger partial charge in [0.25, 0.3) is 0 Å². The minimum Gasteiger partial charge on any atom is -0.296 e. The fourth-order valence-corrected chi connectivity index (χ4v) is 7.04. The first-order chi connectivity index (χ1) is 28.4. The molecule has 0 saturated carbocycles. The standard InChI is InChI=1S/C44H34N2/c1-4-41-45-39-22-11-12-23-40(39)46(41)30-15-13-14-28(26-30)42-33-17-5-7-19-35(33)43(36-20-8-6-18-34(36)42)29-24-25-32-31-16-9-10-21-37(31)44(2,3)38(32)27-29/h5-27H,4H2,1-3H3/i2D3,3D3,5D,6D,7D,8D,17D,18D,19D,20D. The molecule has 1 heterocycles. The summed E-state index contributed by atoms with van der Waals surface area (Å²) in [6, 6.07) is 21.5. The van der Waals surface area contributed by atoms with E-state index in [4.69, 9.17) is 18.7 Å². The van der Waals surface area contributed by atoms with E-state index in [-0.39, 0.29) is 49.4 Å². The Hall–Kier alpha value is -5.47. The first-order valence-corrected chi connectivity index (χ1v) is 15.1. The van der Waals surface area contributed by atoms with Crippen molar-refractivity contribution in [3.05, 3.63) is 156 Å². The molecule has 46 heavy (non-hydrogen) atoms. The van der Waals surface area contributed by atoms with E-state index in [1.165, 1.54) is 12.1 Å². The molecule has 1 aromatic heterocycles. The zero-order valence-corrected chi connectivity index (χ0v) is 24.8. The van der Waals surface area contributed by atoms with Crippen molar-refractivity contribution in [2.24, 2.45) is 0 Å². The molecule has 1 aliphatic carbocycles. The van der Waals surface area contributed by atoms with Crippen molar-refractivity contribution in [2.75, 3.05) is 0 Å². The van der Waals surface area contributed by atoms with Crippen LogP contribution >= 0.6 is 0 Å². The largest absolute Gasteiger partial charge is 0.296 e. The number of aryl methyl sites for hydroxylation is 1. The van der Waals surface area contributed by atoms with E-state index in [0.29, 0.717) is 28.8 Å². The van der Waals surface area contributed by atoms with E-state index >= 15 is 0 Å². The van der Waals surface area contributed by atoms with Crippen molar-refractivity contribution < 1.29 is 19.2 Å². The summed E-state index contributed by atoms with van der Waals surface area (Å²) in [5.74, 6) is 0.756. The molecule has 0 radical (unpaired) electrons. The Morgan fingerprint density at radius 2 is 1.28 bits per heavy atom. The van der Waals surface area contributed by atoms with Crippen LogP contribution in [0, 0.1) is 0 Å². The fraction of sp³-hybridized carbons (Fsp3) is 0.114.